The van der Waals surface area contributed by atoms with Gasteiger partial charge in [-0.3, -0.25) is 0 Å². The van der Waals surface area contributed by atoms with Crippen LogP contribution in [0.3, 0.4) is 0 Å². The maximum atomic E-state index is 3.61. The molecule has 118 valence electrons. The molecule has 0 unspecified atom stereocenters. The summed E-state index contributed by atoms with van der Waals surface area (Å²) in [5.41, 5.74) is 2.84. The Balaban J connectivity index is 1.51. The van der Waals surface area contributed by atoms with Gasteiger partial charge < -0.3 is 0 Å². The minimum absolute atomic E-state index is 1.16. The summed E-state index contributed by atoms with van der Waals surface area (Å²) in [5, 5.41) is 0. The Bertz CT molecular complexity index is 521. The van der Waals surface area contributed by atoms with Crippen molar-refractivity contribution in [3.8, 4) is 0 Å². The summed E-state index contributed by atoms with van der Waals surface area (Å²) in [5.74, 6) is 2.45. The third kappa shape index (κ3) is 6.69. The van der Waals surface area contributed by atoms with Crippen LogP contribution in [0.2, 0.25) is 0 Å². The van der Waals surface area contributed by atoms with Crippen molar-refractivity contribution in [1.29, 1.82) is 0 Å². The van der Waals surface area contributed by atoms with Crippen LogP contribution in [-0.4, -0.2) is 11.5 Å². The number of hydrogen-bond donors (Lipinski definition) is 0. The molecular formula is C18H20Br2S2. The van der Waals surface area contributed by atoms with Gasteiger partial charge >= 0.3 is 0 Å². The minimum atomic E-state index is 1.16. The van der Waals surface area contributed by atoms with Gasteiger partial charge in [0.1, 0.15) is 0 Å². The van der Waals surface area contributed by atoms with Crippen molar-refractivity contribution in [3.63, 3.8) is 0 Å². The molecule has 0 fully saturated rings. The Kier molecular flexibility index (Phi) is 9.05. The van der Waals surface area contributed by atoms with Crippen LogP contribution in [0.1, 0.15) is 24.0 Å². The number of benzene rings is 2. The molecule has 2 aromatic carbocycles. The summed E-state index contributed by atoms with van der Waals surface area (Å²) in [4.78, 5) is 0. The number of hydrogen-bond acceptors (Lipinski definition) is 2. The lowest BCUT2D eigenvalue weighted by atomic mass is 10.1. The van der Waals surface area contributed by atoms with Crippen molar-refractivity contribution >= 4 is 53.4 Å². The van der Waals surface area contributed by atoms with Gasteiger partial charge in [-0.05, 0) is 48.9 Å². The zero-order chi connectivity index (χ0) is 15.6. The zero-order valence-corrected chi connectivity index (χ0v) is 17.2. The van der Waals surface area contributed by atoms with Crippen LogP contribution in [0, 0.1) is 0 Å². The molecule has 0 radical (unpaired) electrons. The highest BCUT2D eigenvalue weighted by atomic mass is 79.9. The van der Waals surface area contributed by atoms with Crippen molar-refractivity contribution < 1.29 is 0 Å². The third-order valence-corrected chi connectivity index (χ3v) is 7.47. The predicted octanol–water partition coefficient (Wildman–Crippen LogP) is 7.16. The Hall–Kier alpha value is 0.1000. The molecular weight excluding hydrogens is 440 g/mol. The Morgan fingerprint density at radius 1 is 0.636 bits per heavy atom. The Morgan fingerprint density at radius 2 is 1.05 bits per heavy atom. The highest BCUT2D eigenvalue weighted by Crippen LogP contribution is 2.26. The second kappa shape index (κ2) is 10.8. The number of aryl methyl sites for hydroxylation is 2. The molecule has 0 N–H and O–H groups in total. The molecule has 0 saturated heterocycles. The molecule has 0 aliphatic rings. The lowest BCUT2D eigenvalue weighted by molar-refractivity contribution is 0.927. The maximum Gasteiger partial charge on any atom is 0.0207 e. The van der Waals surface area contributed by atoms with Gasteiger partial charge in [0.2, 0.25) is 0 Å². The van der Waals surface area contributed by atoms with Gasteiger partial charge in [-0.15, -0.1) is 0 Å². The first kappa shape index (κ1) is 18.4. The van der Waals surface area contributed by atoms with Crippen LogP contribution < -0.4 is 0 Å². The molecule has 22 heavy (non-hydrogen) atoms. The molecule has 0 saturated carbocycles. The molecule has 0 amide bonds. The van der Waals surface area contributed by atoms with Crippen molar-refractivity contribution in [1.82, 2.24) is 0 Å². The summed E-state index contributed by atoms with van der Waals surface area (Å²) >= 11 is 7.22. The van der Waals surface area contributed by atoms with Crippen molar-refractivity contribution in [2.75, 3.05) is 11.5 Å². The fraction of sp³-hybridized carbons (Fsp3) is 0.333. The first-order valence-corrected chi connectivity index (χ1v) is 11.6. The molecule has 0 bridgehead atoms. The second-order valence-corrected chi connectivity index (χ2v) is 9.44. The van der Waals surface area contributed by atoms with E-state index in [-0.39, 0.29) is 0 Å². The third-order valence-electron chi connectivity index (χ3n) is 3.35. The molecule has 0 aliphatic carbocycles. The van der Waals surface area contributed by atoms with Gasteiger partial charge in [0.15, 0.2) is 0 Å². The van der Waals surface area contributed by atoms with Crippen LogP contribution in [0.15, 0.2) is 57.5 Å². The summed E-state index contributed by atoms with van der Waals surface area (Å²) in [6.45, 7) is 0. The monoisotopic (exact) mass is 458 g/mol. The van der Waals surface area contributed by atoms with Gasteiger partial charge in [0.05, 0.1) is 0 Å². The van der Waals surface area contributed by atoms with E-state index in [0.717, 1.165) is 12.8 Å². The Labute approximate surface area is 158 Å². The van der Waals surface area contributed by atoms with Crippen LogP contribution in [0.25, 0.3) is 0 Å². The predicted molar refractivity (Wildman–Crippen MR) is 110 cm³/mol. The quantitative estimate of drug-likeness (QED) is 0.288. The van der Waals surface area contributed by atoms with E-state index in [1.54, 1.807) is 0 Å². The summed E-state index contributed by atoms with van der Waals surface area (Å²) in [7, 11) is 4.01. The van der Waals surface area contributed by atoms with E-state index in [0.29, 0.717) is 0 Å². The van der Waals surface area contributed by atoms with Gasteiger partial charge in [0, 0.05) is 20.5 Å². The number of rotatable bonds is 9. The van der Waals surface area contributed by atoms with E-state index >= 15 is 0 Å². The van der Waals surface area contributed by atoms with Gasteiger partial charge in [-0.2, -0.15) is 0 Å². The normalized spacial score (nSPS) is 10.8. The van der Waals surface area contributed by atoms with E-state index in [1.807, 2.05) is 21.6 Å². The zero-order valence-electron chi connectivity index (χ0n) is 12.4. The maximum absolute atomic E-state index is 3.61. The van der Waals surface area contributed by atoms with Crippen LogP contribution in [-0.2, 0) is 12.8 Å². The summed E-state index contributed by atoms with van der Waals surface area (Å²) in [6, 6.07) is 17.0. The molecule has 0 spiro atoms. The topological polar surface area (TPSA) is 0 Å². The molecule has 4 heteroatoms. The fourth-order valence-electron chi connectivity index (χ4n) is 2.16. The van der Waals surface area contributed by atoms with E-state index in [9.17, 15) is 0 Å². The molecule has 0 aliphatic heterocycles. The number of halogens is 2. The van der Waals surface area contributed by atoms with Crippen LogP contribution in [0.5, 0.6) is 0 Å². The molecule has 0 heterocycles. The minimum Gasteiger partial charge on any atom is -0.0941 e. The fourth-order valence-corrected chi connectivity index (χ4v) is 5.30. The molecule has 0 atom stereocenters. The lowest BCUT2D eigenvalue weighted by Gasteiger charge is -2.05. The summed E-state index contributed by atoms with van der Waals surface area (Å²) in [6.07, 6.45) is 4.80. The van der Waals surface area contributed by atoms with Gasteiger partial charge in [0.25, 0.3) is 0 Å². The molecule has 0 nitrogen and oxygen atoms in total. The first-order chi connectivity index (χ1) is 10.8. The summed E-state index contributed by atoms with van der Waals surface area (Å²) < 4.78 is 2.47. The molecule has 0 aromatic heterocycles. The largest absolute Gasteiger partial charge is 0.0941 e. The average molecular weight is 460 g/mol. The van der Waals surface area contributed by atoms with Crippen molar-refractivity contribution in [2.45, 2.75) is 25.7 Å². The van der Waals surface area contributed by atoms with E-state index in [2.05, 4.69) is 80.4 Å². The van der Waals surface area contributed by atoms with Crippen LogP contribution >= 0.6 is 53.4 Å². The highest BCUT2D eigenvalue weighted by Gasteiger charge is 2.00. The molecule has 2 aromatic rings. The highest BCUT2D eigenvalue weighted by molar-refractivity contribution is 9.10. The Morgan fingerprint density at radius 3 is 1.45 bits per heavy atom. The lowest BCUT2D eigenvalue weighted by Crippen LogP contribution is -1.90. The van der Waals surface area contributed by atoms with Crippen LogP contribution in [0.4, 0.5) is 0 Å². The average Bonchev–Trinajstić information content (AvgIpc) is 2.53. The van der Waals surface area contributed by atoms with E-state index in [4.69, 9.17) is 0 Å². The van der Waals surface area contributed by atoms with Gasteiger partial charge in [-0.25, -0.2) is 0 Å². The SMILES string of the molecule is Brc1ccccc1CCCSSCCCc1ccccc1Br. The van der Waals surface area contributed by atoms with Crippen molar-refractivity contribution in [3.05, 3.63) is 68.6 Å². The smallest absolute Gasteiger partial charge is 0.0207 e. The standard InChI is InChI=1S/C18H20Br2S2/c19-17-11-3-1-7-15(17)9-5-13-21-22-14-6-10-16-8-2-4-12-18(16)20/h1-4,7-8,11-12H,5-6,9-10,13-14H2. The van der Waals surface area contributed by atoms with Gasteiger partial charge in [-0.1, -0.05) is 89.8 Å². The second-order valence-electron chi connectivity index (χ2n) is 5.03. The first-order valence-electron chi connectivity index (χ1n) is 7.48. The molecule has 2 rings (SSSR count). The van der Waals surface area contributed by atoms with Crippen molar-refractivity contribution in [2.24, 2.45) is 0 Å². The van der Waals surface area contributed by atoms with E-state index < -0.39 is 0 Å². The van der Waals surface area contributed by atoms with E-state index in [1.165, 1.54) is 44.4 Å².